The molecule has 2 N–H and O–H groups in total. The van der Waals surface area contributed by atoms with Gasteiger partial charge in [0.05, 0.1) is 11.4 Å². The van der Waals surface area contributed by atoms with E-state index in [-0.39, 0.29) is 5.91 Å². The molecule has 3 heterocycles. The molecule has 122 valence electrons. The average molecular weight is 337 g/mol. The minimum absolute atomic E-state index is 0.0462. The molecular formula is C19H19N3OS. The zero-order chi connectivity index (χ0) is 16.7. The van der Waals surface area contributed by atoms with E-state index in [4.69, 9.17) is 10.7 Å². The van der Waals surface area contributed by atoms with Crippen molar-refractivity contribution in [1.82, 2.24) is 9.88 Å². The molecule has 1 aromatic carbocycles. The van der Waals surface area contributed by atoms with E-state index < -0.39 is 0 Å². The van der Waals surface area contributed by atoms with E-state index in [9.17, 15) is 4.79 Å². The fourth-order valence-electron chi connectivity index (χ4n) is 3.10. The number of pyridine rings is 1. The van der Waals surface area contributed by atoms with Gasteiger partial charge < -0.3 is 10.6 Å². The predicted molar refractivity (Wildman–Crippen MR) is 99.3 cm³/mol. The molecule has 0 saturated carbocycles. The van der Waals surface area contributed by atoms with Gasteiger partial charge in [-0.05, 0) is 31.9 Å². The Labute approximate surface area is 144 Å². The standard InChI is InChI=1S/C19H19N3OS/c1-12-4-6-13(7-5-12)15-9-8-14-16(20)17(24-18(14)21-15)19(23)22-10-2-3-11-22/h4-9H,2-3,10-11,20H2,1H3. The van der Waals surface area contributed by atoms with Crippen molar-refractivity contribution >= 4 is 33.1 Å². The van der Waals surface area contributed by atoms with E-state index in [1.54, 1.807) is 0 Å². The summed E-state index contributed by atoms with van der Waals surface area (Å²) in [5.74, 6) is 0.0462. The molecule has 0 bridgehead atoms. The number of nitrogens with two attached hydrogens (primary N) is 1. The maximum absolute atomic E-state index is 12.7. The molecule has 4 nitrogen and oxygen atoms in total. The Morgan fingerprint density at radius 3 is 2.54 bits per heavy atom. The van der Waals surface area contributed by atoms with Crippen LogP contribution in [-0.4, -0.2) is 28.9 Å². The quantitative estimate of drug-likeness (QED) is 0.766. The molecule has 1 saturated heterocycles. The number of amides is 1. The van der Waals surface area contributed by atoms with Gasteiger partial charge in [0.25, 0.3) is 5.91 Å². The molecule has 0 radical (unpaired) electrons. The van der Waals surface area contributed by atoms with E-state index in [0.717, 1.165) is 47.4 Å². The fourth-order valence-corrected chi connectivity index (χ4v) is 4.17. The normalized spacial score (nSPS) is 14.5. The van der Waals surface area contributed by atoms with Crippen molar-refractivity contribution in [3.8, 4) is 11.3 Å². The van der Waals surface area contributed by atoms with Crippen LogP contribution in [0.2, 0.25) is 0 Å². The number of aryl methyl sites for hydroxylation is 1. The van der Waals surface area contributed by atoms with Crippen molar-refractivity contribution in [3.05, 3.63) is 46.8 Å². The highest BCUT2D eigenvalue weighted by Gasteiger charge is 2.24. The maximum Gasteiger partial charge on any atom is 0.266 e. The highest BCUT2D eigenvalue weighted by atomic mass is 32.1. The first-order valence-corrected chi connectivity index (χ1v) is 9.00. The van der Waals surface area contributed by atoms with E-state index in [1.807, 2.05) is 17.0 Å². The molecule has 0 spiro atoms. The Hall–Kier alpha value is -2.40. The summed E-state index contributed by atoms with van der Waals surface area (Å²) < 4.78 is 0. The second-order valence-corrected chi connectivity index (χ2v) is 7.26. The molecular weight excluding hydrogens is 318 g/mol. The Morgan fingerprint density at radius 1 is 1.12 bits per heavy atom. The Bertz CT molecular complexity index is 908. The second kappa shape index (κ2) is 5.91. The molecule has 24 heavy (non-hydrogen) atoms. The van der Waals surface area contributed by atoms with Crippen molar-refractivity contribution in [2.45, 2.75) is 19.8 Å². The van der Waals surface area contributed by atoms with Crippen LogP contribution in [0, 0.1) is 6.92 Å². The predicted octanol–water partition coefficient (Wildman–Crippen LogP) is 4.09. The number of likely N-dealkylation sites (tertiary alicyclic amines) is 1. The summed E-state index contributed by atoms with van der Waals surface area (Å²) in [4.78, 5) is 20.7. The Morgan fingerprint density at radius 2 is 1.83 bits per heavy atom. The van der Waals surface area contributed by atoms with Crippen LogP contribution in [0.15, 0.2) is 36.4 Å². The Kier molecular flexibility index (Phi) is 3.73. The minimum atomic E-state index is 0.0462. The van der Waals surface area contributed by atoms with Gasteiger partial charge in [-0.25, -0.2) is 4.98 Å². The zero-order valence-corrected chi connectivity index (χ0v) is 14.4. The highest BCUT2D eigenvalue weighted by molar-refractivity contribution is 7.21. The maximum atomic E-state index is 12.7. The lowest BCUT2D eigenvalue weighted by Crippen LogP contribution is -2.27. The molecule has 1 aliphatic heterocycles. The minimum Gasteiger partial charge on any atom is -0.397 e. The zero-order valence-electron chi connectivity index (χ0n) is 13.6. The summed E-state index contributed by atoms with van der Waals surface area (Å²) in [5, 5.41) is 0.874. The van der Waals surface area contributed by atoms with Crippen LogP contribution in [0.25, 0.3) is 21.5 Å². The third kappa shape index (κ3) is 2.55. The molecule has 2 aromatic heterocycles. The lowest BCUT2D eigenvalue weighted by Gasteiger charge is -2.13. The number of thiophene rings is 1. The number of anilines is 1. The van der Waals surface area contributed by atoms with E-state index in [0.29, 0.717) is 10.6 Å². The van der Waals surface area contributed by atoms with Crippen LogP contribution in [-0.2, 0) is 0 Å². The van der Waals surface area contributed by atoms with Crippen LogP contribution in [0.3, 0.4) is 0 Å². The first-order chi connectivity index (χ1) is 11.6. The summed E-state index contributed by atoms with van der Waals surface area (Å²) in [7, 11) is 0. The summed E-state index contributed by atoms with van der Waals surface area (Å²) in [6, 6.07) is 12.2. The van der Waals surface area contributed by atoms with Gasteiger partial charge in [0, 0.05) is 24.0 Å². The lowest BCUT2D eigenvalue weighted by atomic mass is 10.1. The SMILES string of the molecule is Cc1ccc(-c2ccc3c(N)c(C(=O)N4CCCC4)sc3n2)cc1. The number of hydrogen-bond acceptors (Lipinski definition) is 4. The molecule has 1 fully saturated rings. The van der Waals surface area contributed by atoms with Crippen molar-refractivity contribution in [3.63, 3.8) is 0 Å². The van der Waals surface area contributed by atoms with Gasteiger partial charge in [-0.2, -0.15) is 0 Å². The van der Waals surface area contributed by atoms with Crippen molar-refractivity contribution < 1.29 is 4.79 Å². The number of aromatic nitrogens is 1. The van der Waals surface area contributed by atoms with Gasteiger partial charge in [-0.15, -0.1) is 11.3 Å². The van der Waals surface area contributed by atoms with Crippen LogP contribution in [0.5, 0.6) is 0 Å². The number of carbonyl (C=O) groups excluding carboxylic acids is 1. The monoisotopic (exact) mass is 337 g/mol. The number of nitrogen functional groups attached to an aromatic ring is 1. The molecule has 1 amide bonds. The molecule has 0 atom stereocenters. The second-order valence-electron chi connectivity index (χ2n) is 6.26. The van der Waals surface area contributed by atoms with Gasteiger partial charge in [0.15, 0.2) is 0 Å². The van der Waals surface area contributed by atoms with Gasteiger partial charge >= 0.3 is 0 Å². The summed E-state index contributed by atoms with van der Waals surface area (Å²) in [6.07, 6.45) is 2.15. The molecule has 0 aliphatic carbocycles. The number of carbonyl (C=O) groups is 1. The van der Waals surface area contributed by atoms with E-state index in [1.165, 1.54) is 16.9 Å². The third-order valence-electron chi connectivity index (χ3n) is 4.53. The average Bonchev–Trinajstić information content (AvgIpc) is 3.23. The van der Waals surface area contributed by atoms with Crippen molar-refractivity contribution in [2.75, 3.05) is 18.8 Å². The summed E-state index contributed by atoms with van der Waals surface area (Å²) in [5.41, 5.74) is 10.0. The highest BCUT2D eigenvalue weighted by Crippen LogP contribution is 2.35. The van der Waals surface area contributed by atoms with Crippen LogP contribution < -0.4 is 5.73 Å². The summed E-state index contributed by atoms with van der Waals surface area (Å²) >= 11 is 1.40. The number of benzene rings is 1. The molecule has 0 unspecified atom stereocenters. The fraction of sp³-hybridized carbons (Fsp3) is 0.263. The van der Waals surface area contributed by atoms with Crippen LogP contribution in [0.4, 0.5) is 5.69 Å². The number of nitrogens with zero attached hydrogens (tertiary/aromatic N) is 2. The van der Waals surface area contributed by atoms with E-state index in [2.05, 4.69) is 31.2 Å². The summed E-state index contributed by atoms with van der Waals surface area (Å²) in [6.45, 7) is 3.72. The molecule has 1 aliphatic rings. The smallest absolute Gasteiger partial charge is 0.266 e. The molecule has 3 aromatic rings. The first kappa shape index (κ1) is 15.1. The molecule has 5 heteroatoms. The number of fused-ring (bicyclic) bond motifs is 1. The third-order valence-corrected chi connectivity index (χ3v) is 5.63. The van der Waals surface area contributed by atoms with Crippen molar-refractivity contribution in [1.29, 1.82) is 0 Å². The first-order valence-electron chi connectivity index (χ1n) is 8.19. The van der Waals surface area contributed by atoms with Crippen LogP contribution in [0.1, 0.15) is 28.1 Å². The van der Waals surface area contributed by atoms with Gasteiger partial charge in [-0.1, -0.05) is 29.8 Å². The van der Waals surface area contributed by atoms with Gasteiger partial charge in [0.2, 0.25) is 0 Å². The Balaban J connectivity index is 1.75. The number of hydrogen-bond donors (Lipinski definition) is 1. The number of rotatable bonds is 2. The molecule has 4 rings (SSSR count). The largest absolute Gasteiger partial charge is 0.397 e. The van der Waals surface area contributed by atoms with Crippen molar-refractivity contribution in [2.24, 2.45) is 0 Å². The topological polar surface area (TPSA) is 59.2 Å². The van der Waals surface area contributed by atoms with Gasteiger partial charge in [0.1, 0.15) is 9.71 Å². The van der Waals surface area contributed by atoms with E-state index >= 15 is 0 Å². The van der Waals surface area contributed by atoms with Gasteiger partial charge in [-0.3, -0.25) is 4.79 Å². The lowest BCUT2D eigenvalue weighted by molar-refractivity contribution is 0.0798. The van der Waals surface area contributed by atoms with Crippen LogP contribution >= 0.6 is 11.3 Å².